The number of pyridine rings is 1. The lowest BCUT2D eigenvalue weighted by molar-refractivity contribution is 0.333. The lowest BCUT2D eigenvalue weighted by Crippen LogP contribution is -2.19. The molecular formula is C16H20N2OS. The summed E-state index contributed by atoms with van der Waals surface area (Å²) in [6.45, 7) is 2.70. The number of nitrogens with one attached hydrogen (secondary N) is 1. The van der Waals surface area contributed by atoms with Gasteiger partial charge < -0.3 is 10.1 Å². The Labute approximate surface area is 124 Å². The largest absolute Gasteiger partial charge is 0.494 e. The van der Waals surface area contributed by atoms with Crippen LogP contribution in [0.5, 0.6) is 5.75 Å². The lowest BCUT2D eigenvalue weighted by Gasteiger charge is -2.19. The van der Waals surface area contributed by atoms with E-state index < -0.39 is 0 Å². The van der Waals surface area contributed by atoms with Crippen molar-refractivity contribution in [3.05, 3.63) is 54.4 Å². The van der Waals surface area contributed by atoms with Crippen LogP contribution in [0.1, 0.15) is 18.5 Å². The van der Waals surface area contributed by atoms with Crippen LogP contribution in [-0.4, -0.2) is 24.4 Å². The summed E-state index contributed by atoms with van der Waals surface area (Å²) >= 11 is 1.82. The standard InChI is InChI=1S/C16H20N2OS/c1-3-19-16-7-5-4-6-14(16)15(17-2)12-20-13-8-10-18-11-9-13/h4-11,15,17H,3,12H2,1-2H3. The lowest BCUT2D eigenvalue weighted by atomic mass is 10.1. The fourth-order valence-electron chi connectivity index (χ4n) is 2.00. The third-order valence-electron chi connectivity index (χ3n) is 3.01. The summed E-state index contributed by atoms with van der Waals surface area (Å²) in [6.07, 6.45) is 3.65. The van der Waals surface area contributed by atoms with Crippen molar-refractivity contribution in [2.75, 3.05) is 19.4 Å². The highest BCUT2D eigenvalue weighted by molar-refractivity contribution is 7.99. The summed E-state index contributed by atoms with van der Waals surface area (Å²) in [6, 6.07) is 12.5. The number of nitrogens with zero attached hydrogens (tertiary/aromatic N) is 1. The van der Waals surface area contributed by atoms with Crippen molar-refractivity contribution < 1.29 is 4.74 Å². The molecule has 1 aromatic heterocycles. The molecule has 0 spiro atoms. The Hall–Kier alpha value is -1.52. The third-order valence-corrected chi connectivity index (χ3v) is 4.11. The highest BCUT2D eigenvalue weighted by Crippen LogP contribution is 2.29. The van der Waals surface area contributed by atoms with Gasteiger partial charge in [-0.15, -0.1) is 11.8 Å². The van der Waals surface area contributed by atoms with Gasteiger partial charge in [-0.25, -0.2) is 0 Å². The summed E-state index contributed by atoms with van der Waals surface area (Å²) < 4.78 is 5.71. The van der Waals surface area contributed by atoms with Crippen LogP contribution in [0, 0.1) is 0 Å². The van der Waals surface area contributed by atoms with E-state index in [9.17, 15) is 0 Å². The van der Waals surface area contributed by atoms with Gasteiger partial charge >= 0.3 is 0 Å². The van der Waals surface area contributed by atoms with Crippen molar-refractivity contribution in [3.8, 4) is 5.75 Å². The van der Waals surface area contributed by atoms with Crippen LogP contribution in [0.4, 0.5) is 0 Å². The Morgan fingerprint density at radius 3 is 2.65 bits per heavy atom. The Morgan fingerprint density at radius 1 is 1.20 bits per heavy atom. The highest BCUT2D eigenvalue weighted by Gasteiger charge is 2.14. The van der Waals surface area contributed by atoms with Gasteiger partial charge in [0, 0.05) is 34.6 Å². The Kier molecular flexibility index (Phi) is 5.89. The quantitative estimate of drug-likeness (QED) is 0.790. The number of rotatable bonds is 7. The molecule has 2 aromatic rings. The SMILES string of the molecule is CCOc1ccccc1C(CSc1ccncc1)NC. The molecule has 20 heavy (non-hydrogen) atoms. The molecule has 0 aliphatic heterocycles. The van der Waals surface area contributed by atoms with Crippen LogP contribution < -0.4 is 10.1 Å². The van der Waals surface area contributed by atoms with E-state index in [2.05, 4.69) is 22.4 Å². The molecule has 1 N–H and O–H groups in total. The first-order valence-electron chi connectivity index (χ1n) is 6.77. The minimum atomic E-state index is 0.260. The van der Waals surface area contributed by atoms with Crippen molar-refractivity contribution in [2.45, 2.75) is 17.9 Å². The molecule has 1 heterocycles. The van der Waals surface area contributed by atoms with Crippen LogP contribution in [0.25, 0.3) is 0 Å². The van der Waals surface area contributed by atoms with Crippen molar-refractivity contribution in [1.29, 1.82) is 0 Å². The number of benzene rings is 1. The molecule has 0 radical (unpaired) electrons. The summed E-state index contributed by atoms with van der Waals surface area (Å²) in [5.74, 6) is 1.91. The maximum absolute atomic E-state index is 5.71. The van der Waals surface area contributed by atoms with E-state index in [1.807, 2.05) is 62.4 Å². The molecule has 3 nitrogen and oxygen atoms in total. The van der Waals surface area contributed by atoms with Crippen LogP contribution in [0.3, 0.4) is 0 Å². The second kappa shape index (κ2) is 7.92. The Morgan fingerprint density at radius 2 is 1.95 bits per heavy atom. The minimum Gasteiger partial charge on any atom is -0.494 e. The number of aromatic nitrogens is 1. The van der Waals surface area contributed by atoms with E-state index in [0.717, 1.165) is 11.5 Å². The van der Waals surface area contributed by atoms with Gasteiger partial charge in [-0.3, -0.25) is 4.98 Å². The molecular weight excluding hydrogens is 268 g/mol. The van der Waals surface area contributed by atoms with E-state index >= 15 is 0 Å². The maximum atomic E-state index is 5.71. The van der Waals surface area contributed by atoms with E-state index in [1.165, 1.54) is 10.5 Å². The van der Waals surface area contributed by atoms with Gasteiger partial charge in [0.15, 0.2) is 0 Å². The zero-order valence-electron chi connectivity index (χ0n) is 11.9. The molecule has 0 fully saturated rings. The average molecular weight is 288 g/mol. The second-order valence-corrected chi connectivity index (χ2v) is 5.40. The van der Waals surface area contributed by atoms with E-state index in [0.29, 0.717) is 6.61 Å². The molecule has 106 valence electrons. The smallest absolute Gasteiger partial charge is 0.124 e. The number of thioether (sulfide) groups is 1. The topological polar surface area (TPSA) is 34.1 Å². The minimum absolute atomic E-state index is 0.260. The number of hydrogen-bond acceptors (Lipinski definition) is 4. The van der Waals surface area contributed by atoms with Crippen LogP contribution in [0.2, 0.25) is 0 Å². The van der Waals surface area contributed by atoms with Gasteiger partial charge in [0.25, 0.3) is 0 Å². The van der Waals surface area contributed by atoms with Crippen LogP contribution in [0.15, 0.2) is 53.7 Å². The fraction of sp³-hybridized carbons (Fsp3) is 0.312. The van der Waals surface area contributed by atoms with Gasteiger partial charge in [0.05, 0.1) is 6.61 Å². The summed E-state index contributed by atoms with van der Waals surface area (Å²) in [7, 11) is 1.99. The average Bonchev–Trinajstić information content (AvgIpc) is 2.51. The molecule has 0 amide bonds. The predicted molar refractivity (Wildman–Crippen MR) is 84.4 cm³/mol. The van der Waals surface area contributed by atoms with E-state index in [1.54, 1.807) is 0 Å². The molecule has 0 aliphatic rings. The third kappa shape index (κ3) is 3.99. The second-order valence-electron chi connectivity index (χ2n) is 4.31. The predicted octanol–water partition coefficient (Wildman–Crippen LogP) is 3.53. The number of hydrogen-bond donors (Lipinski definition) is 1. The zero-order valence-corrected chi connectivity index (χ0v) is 12.7. The van der Waals surface area contributed by atoms with Crippen molar-refractivity contribution in [2.24, 2.45) is 0 Å². The van der Waals surface area contributed by atoms with E-state index in [4.69, 9.17) is 4.74 Å². The molecule has 0 saturated heterocycles. The molecule has 0 aliphatic carbocycles. The molecule has 4 heteroatoms. The zero-order chi connectivity index (χ0) is 14.2. The molecule has 1 atom stereocenters. The number of para-hydroxylation sites is 1. The van der Waals surface area contributed by atoms with Crippen molar-refractivity contribution in [1.82, 2.24) is 10.3 Å². The first-order chi connectivity index (χ1) is 9.85. The van der Waals surface area contributed by atoms with Gasteiger partial charge in [0.2, 0.25) is 0 Å². The molecule has 0 saturated carbocycles. The summed E-state index contributed by atoms with van der Waals surface area (Å²) in [5, 5.41) is 3.37. The summed E-state index contributed by atoms with van der Waals surface area (Å²) in [4.78, 5) is 5.27. The van der Waals surface area contributed by atoms with Gasteiger partial charge in [-0.1, -0.05) is 18.2 Å². The fourth-order valence-corrected chi connectivity index (χ4v) is 3.02. The van der Waals surface area contributed by atoms with Crippen molar-refractivity contribution >= 4 is 11.8 Å². The first kappa shape index (κ1) is 14.9. The highest BCUT2D eigenvalue weighted by atomic mass is 32.2. The molecule has 1 unspecified atom stereocenters. The normalized spacial score (nSPS) is 12.1. The molecule has 2 rings (SSSR count). The van der Waals surface area contributed by atoms with Crippen molar-refractivity contribution in [3.63, 3.8) is 0 Å². The van der Waals surface area contributed by atoms with Crippen LogP contribution >= 0.6 is 11.8 Å². The Bertz CT molecular complexity index is 519. The molecule has 0 bridgehead atoms. The van der Waals surface area contributed by atoms with Gasteiger partial charge in [-0.2, -0.15) is 0 Å². The maximum Gasteiger partial charge on any atom is 0.124 e. The molecule has 1 aromatic carbocycles. The van der Waals surface area contributed by atoms with E-state index in [-0.39, 0.29) is 6.04 Å². The monoisotopic (exact) mass is 288 g/mol. The van der Waals surface area contributed by atoms with Gasteiger partial charge in [0.1, 0.15) is 5.75 Å². The van der Waals surface area contributed by atoms with Gasteiger partial charge in [-0.05, 0) is 32.2 Å². The Balaban J connectivity index is 2.08. The first-order valence-corrected chi connectivity index (χ1v) is 7.75. The van der Waals surface area contributed by atoms with Crippen LogP contribution in [-0.2, 0) is 0 Å². The summed E-state index contributed by atoms with van der Waals surface area (Å²) in [5.41, 5.74) is 1.21. The number of ether oxygens (including phenoxy) is 1.